The summed E-state index contributed by atoms with van der Waals surface area (Å²) in [7, 11) is 1.51. The molecule has 2 aromatic rings. The van der Waals surface area contributed by atoms with Crippen molar-refractivity contribution in [2.75, 3.05) is 20.3 Å². The second kappa shape index (κ2) is 12.0. The second-order valence-electron chi connectivity index (χ2n) is 9.62. The van der Waals surface area contributed by atoms with Crippen LogP contribution in [0.5, 0.6) is 5.75 Å². The Kier molecular flexibility index (Phi) is 9.50. The zero-order chi connectivity index (χ0) is 26.5. The van der Waals surface area contributed by atoms with Crippen LogP contribution >= 0.6 is 0 Å². The summed E-state index contributed by atoms with van der Waals surface area (Å²) in [6.45, 7) is 6.33. The molecule has 7 nitrogen and oxygen atoms in total. The predicted molar refractivity (Wildman–Crippen MR) is 131 cm³/mol. The Morgan fingerprint density at radius 2 is 1.83 bits per heavy atom. The fraction of sp³-hybridized carbons (Fsp3) is 0.560. The lowest BCUT2D eigenvalue weighted by Gasteiger charge is -2.30. The fourth-order valence-electron chi connectivity index (χ4n) is 3.70. The van der Waals surface area contributed by atoms with Gasteiger partial charge in [0.25, 0.3) is 5.56 Å². The van der Waals surface area contributed by atoms with Gasteiger partial charge in [-0.2, -0.15) is 13.2 Å². The van der Waals surface area contributed by atoms with Crippen LogP contribution in [0, 0.1) is 0 Å². The van der Waals surface area contributed by atoms with Crippen LogP contribution in [0.25, 0.3) is 0 Å². The number of nitrogens with one attached hydrogen (secondary N) is 1. The minimum Gasteiger partial charge on any atom is -0.598 e. The topological polar surface area (TPSA) is 84.8 Å². The maximum absolute atomic E-state index is 13.9. The summed E-state index contributed by atoms with van der Waals surface area (Å²) in [4.78, 5) is 12.8. The number of ether oxygens (including phenoxy) is 3. The van der Waals surface area contributed by atoms with Gasteiger partial charge in [0.2, 0.25) is 0 Å². The Morgan fingerprint density at radius 3 is 2.39 bits per heavy atom. The first kappa shape index (κ1) is 28.5. The standard InChI is InChI=1S/C25H33F3N2O5S/c1-24(2,3)36(32)29-21(10-11-22-34-12-5-13-35-22)18-14-20(25(26,27)28)23(31)30(16-18)15-17-6-8-19(33-4)9-7-17/h6-9,14,16,21-22,29H,5,10-13,15H2,1-4H3. The Bertz CT molecular complexity index is 1050. The third-order valence-electron chi connectivity index (χ3n) is 5.72. The Morgan fingerprint density at radius 1 is 1.19 bits per heavy atom. The van der Waals surface area contributed by atoms with Gasteiger partial charge in [0, 0.05) is 24.0 Å². The molecule has 0 bridgehead atoms. The average molecular weight is 531 g/mol. The highest BCUT2D eigenvalue weighted by Crippen LogP contribution is 2.31. The van der Waals surface area contributed by atoms with Crippen molar-refractivity contribution in [3.8, 4) is 5.75 Å². The molecular weight excluding hydrogens is 497 g/mol. The van der Waals surface area contributed by atoms with Gasteiger partial charge in [-0.15, -0.1) is 4.72 Å². The molecule has 0 aliphatic carbocycles. The average Bonchev–Trinajstić information content (AvgIpc) is 2.82. The molecule has 1 fully saturated rings. The number of nitrogens with zero attached hydrogens (tertiary/aromatic N) is 1. The highest BCUT2D eigenvalue weighted by Gasteiger charge is 2.37. The van der Waals surface area contributed by atoms with Crippen molar-refractivity contribution in [3.63, 3.8) is 0 Å². The quantitative estimate of drug-likeness (QED) is 0.479. The molecule has 1 aliphatic heterocycles. The molecule has 36 heavy (non-hydrogen) atoms. The maximum atomic E-state index is 13.9. The lowest BCUT2D eigenvalue weighted by molar-refractivity contribution is -0.182. The van der Waals surface area contributed by atoms with Crippen molar-refractivity contribution in [3.05, 3.63) is 63.6 Å². The molecule has 1 aliphatic rings. The van der Waals surface area contributed by atoms with E-state index in [1.54, 1.807) is 45.0 Å². The lowest BCUT2D eigenvalue weighted by atomic mass is 10.0. The van der Waals surface area contributed by atoms with E-state index in [0.717, 1.165) is 17.1 Å². The summed E-state index contributed by atoms with van der Waals surface area (Å²) in [6.07, 6.45) is -2.47. The van der Waals surface area contributed by atoms with Crippen LogP contribution in [-0.2, 0) is 33.6 Å². The largest absolute Gasteiger partial charge is 0.598 e. The van der Waals surface area contributed by atoms with E-state index in [-0.39, 0.29) is 12.1 Å². The normalized spacial score (nSPS) is 17.1. The van der Waals surface area contributed by atoms with E-state index in [1.165, 1.54) is 13.3 Å². The minimum absolute atomic E-state index is 0.0658. The molecule has 0 spiro atoms. The third kappa shape index (κ3) is 7.72. The monoisotopic (exact) mass is 530 g/mol. The van der Waals surface area contributed by atoms with E-state index < -0.39 is 45.7 Å². The Hall–Kier alpha value is -2.05. The van der Waals surface area contributed by atoms with E-state index in [4.69, 9.17) is 14.2 Å². The van der Waals surface area contributed by atoms with Crippen molar-refractivity contribution >= 4 is 11.4 Å². The summed E-state index contributed by atoms with van der Waals surface area (Å²) >= 11 is -1.57. The van der Waals surface area contributed by atoms with E-state index in [1.807, 2.05) is 0 Å². The molecule has 1 aromatic heterocycles. The van der Waals surface area contributed by atoms with E-state index in [2.05, 4.69) is 4.72 Å². The number of alkyl halides is 3. The first-order valence-corrected chi connectivity index (χ1v) is 12.9. The molecule has 0 radical (unpaired) electrons. The SMILES string of the molecule is COc1ccc(Cn2cc(C(CCC3OCCCO3)N[S+]([O-])C(C)(C)C)cc(C(F)(F)F)c2=O)cc1. The summed E-state index contributed by atoms with van der Waals surface area (Å²) in [5, 5.41) is 0. The van der Waals surface area contributed by atoms with Gasteiger partial charge in [0.1, 0.15) is 16.1 Å². The van der Waals surface area contributed by atoms with Crippen LogP contribution in [0.15, 0.2) is 41.3 Å². The number of benzene rings is 1. The number of hydrogen-bond donors (Lipinski definition) is 1. The van der Waals surface area contributed by atoms with Crippen molar-refractivity contribution < 1.29 is 31.9 Å². The Balaban J connectivity index is 1.99. The number of rotatable bonds is 9. The maximum Gasteiger partial charge on any atom is 0.421 e. The van der Waals surface area contributed by atoms with Crippen LogP contribution in [0.2, 0.25) is 0 Å². The van der Waals surface area contributed by atoms with Gasteiger partial charge in [0.15, 0.2) is 6.29 Å². The van der Waals surface area contributed by atoms with Crippen molar-refractivity contribution in [1.29, 1.82) is 0 Å². The highest BCUT2D eigenvalue weighted by molar-refractivity contribution is 7.90. The van der Waals surface area contributed by atoms with Crippen molar-refractivity contribution in [1.82, 2.24) is 9.29 Å². The van der Waals surface area contributed by atoms with Gasteiger partial charge in [-0.3, -0.25) is 4.79 Å². The van der Waals surface area contributed by atoms with Gasteiger partial charge < -0.3 is 23.3 Å². The number of pyridine rings is 1. The molecule has 2 atom stereocenters. The van der Waals surface area contributed by atoms with Gasteiger partial charge in [0.05, 0.1) is 32.9 Å². The molecule has 2 unspecified atom stereocenters. The van der Waals surface area contributed by atoms with Crippen molar-refractivity contribution in [2.45, 2.75) is 69.8 Å². The lowest BCUT2D eigenvalue weighted by Crippen LogP contribution is -2.42. The fourth-order valence-corrected chi connectivity index (χ4v) is 4.57. The van der Waals surface area contributed by atoms with E-state index in [9.17, 15) is 22.5 Å². The van der Waals surface area contributed by atoms with Crippen molar-refractivity contribution in [2.24, 2.45) is 0 Å². The van der Waals surface area contributed by atoms with Crippen LogP contribution in [0.4, 0.5) is 13.2 Å². The Labute approximate surface area is 212 Å². The summed E-state index contributed by atoms with van der Waals surface area (Å²) < 4.78 is 74.2. The first-order valence-electron chi connectivity index (χ1n) is 11.7. The van der Waals surface area contributed by atoms with Crippen LogP contribution < -0.4 is 15.0 Å². The molecule has 1 saturated heterocycles. The highest BCUT2D eigenvalue weighted by atomic mass is 32.2. The molecule has 1 aromatic carbocycles. The van der Waals surface area contributed by atoms with Crippen LogP contribution in [0.3, 0.4) is 0 Å². The molecule has 2 heterocycles. The first-order chi connectivity index (χ1) is 16.9. The van der Waals surface area contributed by atoms with Crippen LogP contribution in [-0.4, -0.2) is 40.5 Å². The molecule has 0 amide bonds. The second-order valence-corrected chi connectivity index (χ2v) is 11.6. The summed E-state index contributed by atoms with van der Waals surface area (Å²) in [5.41, 5.74) is -1.57. The number of hydrogen-bond acceptors (Lipinski definition) is 6. The predicted octanol–water partition coefficient (Wildman–Crippen LogP) is 4.56. The smallest absolute Gasteiger partial charge is 0.421 e. The van der Waals surface area contributed by atoms with E-state index >= 15 is 0 Å². The number of halogens is 3. The molecular formula is C25H33F3N2O5S. The van der Waals surface area contributed by atoms with Gasteiger partial charge in [-0.25, -0.2) is 0 Å². The summed E-state index contributed by atoms with van der Waals surface area (Å²) in [5.74, 6) is 0.594. The molecule has 0 saturated carbocycles. The van der Waals surface area contributed by atoms with Gasteiger partial charge in [-0.05, 0) is 62.9 Å². The number of methoxy groups -OCH3 is 1. The van der Waals surface area contributed by atoms with E-state index in [0.29, 0.717) is 37.4 Å². The molecule has 1 N–H and O–H groups in total. The van der Waals surface area contributed by atoms with Gasteiger partial charge in [-0.1, -0.05) is 12.1 Å². The third-order valence-corrected chi connectivity index (χ3v) is 7.33. The van der Waals surface area contributed by atoms with Gasteiger partial charge >= 0.3 is 6.18 Å². The molecule has 3 rings (SSSR count). The number of aromatic nitrogens is 1. The molecule has 200 valence electrons. The zero-order valence-electron chi connectivity index (χ0n) is 20.9. The minimum atomic E-state index is -4.85. The van der Waals surface area contributed by atoms with Crippen LogP contribution in [0.1, 0.15) is 62.8 Å². The molecule has 11 heteroatoms. The zero-order valence-corrected chi connectivity index (χ0v) is 21.7. The summed E-state index contributed by atoms with van der Waals surface area (Å²) in [6, 6.07) is 6.85.